The zero-order valence-corrected chi connectivity index (χ0v) is 22.4. The smallest absolute Gasteiger partial charge is 0.324 e. The van der Waals surface area contributed by atoms with Crippen LogP contribution in [0, 0.1) is 12.7 Å². The Morgan fingerprint density at radius 3 is 2.52 bits per heavy atom. The van der Waals surface area contributed by atoms with Crippen molar-refractivity contribution in [2.75, 3.05) is 42.3 Å². The maximum Gasteiger partial charge on any atom is 0.324 e. The molecule has 1 aliphatic rings. The second-order valence-electron chi connectivity index (χ2n) is 9.69. The molecule has 9 nitrogen and oxygen atoms in total. The quantitative estimate of drug-likeness (QED) is 0.294. The normalized spacial score (nSPS) is 14.3. The molecule has 0 saturated carbocycles. The summed E-state index contributed by atoms with van der Waals surface area (Å²) >= 11 is 0. The molecule has 3 heterocycles. The van der Waals surface area contributed by atoms with Gasteiger partial charge in [-0.1, -0.05) is 18.2 Å². The Hall–Kier alpha value is -4.61. The molecule has 2 N–H and O–H groups in total. The van der Waals surface area contributed by atoms with Crippen molar-refractivity contribution in [3.8, 4) is 5.88 Å². The Balaban J connectivity index is 1.49. The molecule has 5 rings (SSSR count). The average Bonchev–Trinajstić information content (AvgIpc) is 3.25. The number of nitrogens with one attached hydrogen (secondary N) is 1. The van der Waals surface area contributed by atoms with E-state index in [-0.39, 0.29) is 17.5 Å². The average molecular weight is 552 g/mol. The van der Waals surface area contributed by atoms with E-state index in [0.29, 0.717) is 47.0 Å². The lowest BCUT2D eigenvalue weighted by molar-refractivity contribution is 0.146. The number of anilines is 4. The monoisotopic (exact) mass is 551 g/mol. The number of halogens is 3. The number of rotatable bonds is 7. The molecule has 2 aromatic carbocycles. The van der Waals surface area contributed by atoms with Crippen molar-refractivity contribution in [1.82, 2.24) is 19.9 Å². The van der Waals surface area contributed by atoms with E-state index in [1.807, 2.05) is 30.1 Å². The molecular formula is C28H28F3N7O2. The number of amides is 2. The Labute approximate surface area is 228 Å². The number of carbonyl (C=O) groups is 1. The number of alkyl halides is 2. The predicted molar refractivity (Wildman–Crippen MR) is 147 cm³/mol. The number of aryl methyl sites for hydroxylation is 1. The van der Waals surface area contributed by atoms with Crippen LogP contribution in [0.15, 0.2) is 48.7 Å². The summed E-state index contributed by atoms with van der Waals surface area (Å²) in [7, 11) is 3.50. The zero-order chi connectivity index (χ0) is 28.7. The van der Waals surface area contributed by atoms with Gasteiger partial charge < -0.3 is 20.2 Å². The van der Waals surface area contributed by atoms with Crippen LogP contribution in [0.5, 0.6) is 5.88 Å². The molecule has 0 radical (unpaired) electrons. The van der Waals surface area contributed by atoms with Gasteiger partial charge in [-0.05, 0) is 38.1 Å². The van der Waals surface area contributed by atoms with E-state index in [2.05, 4.69) is 20.3 Å². The summed E-state index contributed by atoms with van der Waals surface area (Å²) < 4.78 is 41.4. The highest BCUT2D eigenvalue weighted by atomic mass is 19.3. The van der Waals surface area contributed by atoms with Crippen LogP contribution in [-0.2, 0) is 0 Å². The molecule has 0 aliphatic carbocycles. The summed E-state index contributed by atoms with van der Waals surface area (Å²) in [5.74, 6) is -0.293. The Morgan fingerprint density at radius 1 is 1.07 bits per heavy atom. The Bertz CT molecular complexity index is 1600. The molecule has 0 bridgehead atoms. The number of hydrogen-bond donors (Lipinski definition) is 2. The first-order valence-electron chi connectivity index (χ1n) is 12.6. The van der Waals surface area contributed by atoms with Crippen LogP contribution in [0.2, 0.25) is 0 Å². The van der Waals surface area contributed by atoms with Gasteiger partial charge in [0.05, 0.1) is 29.0 Å². The molecule has 208 valence electrons. The number of likely N-dealkylation sites (N-methyl/N-ethyl adjacent to an activating group) is 1. The van der Waals surface area contributed by atoms with Crippen molar-refractivity contribution < 1.29 is 23.1 Å². The lowest BCUT2D eigenvalue weighted by atomic mass is 10.0. The molecule has 0 spiro atoms. The highest BCUT2D eigenvalue weighted by molar-refractivity contribution is 5.96. The van der Waals surface area contributed by atoms with Crippen molar-refractivity contribution >= 4 is 39.8 Å². The number of fused-ring (bicyclic) bond motifs is 1. The maximum atomic E-state index is 14.8. The molecular weight excluding hydrogens is 523 g/mol. The van der Waals surface area contributed by atoms with Crippen LogP contribution >= 0.6 is 0 Å². The van der Waals surface area contributed by atoms with Gasteiger partial charge in [-0.2, -0.15) is 0 Å². The van der Waals surface area contributed by atoms with Crippen molar-refractivity contribution in [3.63, 3.8) is 0 Å². The van der Waals surface area contributed by atoms with Gasteiger partial charge >= 0.3 is 6.03 Å². The van der Waals surface area contributed by atoms with E-state index in [4.69, 9.17) is 0 Å². The van der Waals surface area contributed by atoms with Crippen molar-refractivity contribution in [2.24, 2.45) is 0 Å². The minimum absolute atomic E-state index is 0.0975. The third kappa shape index (κ3) is 4.92. The number of aromatic nitrogens is 3. The van der Waals surface area contributed by atoms with Crippen molar-refractivity contribution in [3.05, 3.63) is 71.4 Å². The van der Waals surface area contributed by atoms with Gasteiger partial charge in [0.15, 0.2) is 0 Å². The number of aromatic hydroxyl groups is 1. The van der Waals surface area contributed by atoms with E-state index in [1.165, 1.54) is 23.2 Å². The third-order valence-corrected chi connectivity index (χ3v) is 7.02. The molecule has 1 fully saturated rings. The van der Waals surface area contributed by atoms with Crippen LogP contribution in [0.3, 0.4) is 0 Å². The lowest BCUT2D eigenvalue weighted by Gasteiger charge is -2.23. The van der Waals surface area contributed by atoms with Gasteiger partial charge in [-0.15, -0.1) is 0 Å². The van der Waals surface area contributed by atoms with Crippen molar-refractivity contribution in [2.45, 2.75) is 26.3 Å². The van der Waals surface area contributed by atoms with Gasteiger partial charge in [-0.25, -0.2) is 32.9 Å². The standard InChI is InChI=1S/C28H28F3N7O2/c1-15(19-6-5-7-20(24(19)29)25(30)31)33-26-21-12-17(8-9-22(21)34-16(2)35-26)37(4)18-13-23(27(39)32-14-18)38-11-10-36(3)28(38)40/h5-9,12-15,25H,10-11H2,1-4H3,(H,32,39)(H,33,34,35)/t15-/m1/s1. The third-order valence-electron chi connectivity index (χ3n) is 7.02. The second kappa shape index (κ2) is 10.5. The largest absolute Gasteiger partial charge is 0.492 e. The van der Waals surface area contributed by atoms with E-state index < -0.39 is 23.8 Å². The number of urea groups is 1. The fourth-order valence-corrected chi connectivity index (χ4v) is 4.74. The molecule has 1 aliphatic heterocycles. The van der Waals surface area contributed by atoms with E-state index in [9.17, 15) is 23.1 Å². The highest BCUT2D eigenvalue weighted by Gasteiger charge is 2.29. The predicted octanol–water partition coefficient (Wildman–Crippen LogP) is 5.93. The molecule has 1 atom stereocenters. The van der Waals surface area contributed by atoms with Gasteiger partial charge in [0, 0.05) is 43.8 Å². The number of nitrogens with zero attached hydrogens (tertiary/aromatic N) is 6. The van der Waals surface area contributed by atoms with Crippen LogP contribution in [0.1, 0.15) is 36.3 Å². The first-order chi connectivity index (χ1) is 19.0. The summed E-state index contributed by atoms with van der Waals surface area (Å²) in [6.45, 7) is 4.37. The van der Waals surface area contributed by atoms with Crippen LogP contribution in [-0.4, -0.2) is 58.2 Å². The summed E-state index contributed by atoms with van der Waals surface area (Å²) in [6.07, 6.45) is -1.43. The number of carbonyl (C=O) groups excluding carboxylic acids is 1. The number of hydrogen-bond acceptors (Lipinski definition) is 7. The molecule has 2 amide bonds. The van der Waals surface area contributed by atoms with E-state index in [0.717, 1.165) is 11.8 Å². The first kappa shape index (κ1) is 27.0. The Kier molecular flexibility index (Phi) is 7.09. The van der Waals surface area contributed by atoms with Gasteiger partial charge in [0.1, 0.15) is 23.1 Å². The highest BCUT2D eigenvalue weighted by Crippen LogP contribution is 2.36. The van der Waals surface area contributed by atoms with Gasteiger partial charge in [0.25, 0.3) is 6.43 Å². The molecule has 12 heteroatoms. The van der Waals surface area contributed by atoms with Crippen LogP contribution in [0.25, 0.3) is 10.9 Å². The molecule has 2 aromatic heterocycles. The summed E-state index contributed by atoms with van der Waals surface area (Å²) in [5.41, 5.74) is 1.74. The van der Waals surface area contributed by atoms with E-state index in [1.54, 1.807) is 31.9 Å². The number of pyridine rings is 1. The SMILES string of the molecule is Cc1nc(N[C@H](C)c2cccc(C(F)F)c2F)c2cc(N(C)c3cnc(O)c(N4CCN(C)C4=O)c3)ccc2n1. The molecule has 4 aromatic rings. The fourth-order valence-electron chi connectivity index (χ4n) is 4.74. The Morgan fingerprint density at radius 2 is 1.82 bits per heavy atom. The van der Waals surface area contributed by atoms with Gasteiger partial charge in [0.2, 0.25) is 5.88 Å². The minimum Gasteiger partial charge on any atom is -0.492 e. The molecule has 40 heavy (non-hydrogen) atoms. The minimum atomic E-state index is -2.92. The van der Waals surface area contributed by atoms with E-state index >= 15 is 0 Å². The van der Waals surface area contributed by atoms with Gasteiger partial charge in [-0.3, -0.25) is 4.90 Å². The fraction of sp³-hybridized carbons (Fsp3) is 0.286. The summed E-state index contributed by atoms with van der Waals surface area (Å²) in [5, 5.41) is 14.2. The zero-order valence-electron chi connectivity index (χ0n) is 22.4. The van der Waals surface area contributed by atoms with Crippen LogP contribution < -0.4 is 15.1 Å². The lowest BCUT2D eigenvalue weighted by Crippen LogP contribution is -2.29. The first-order valence-corrected chi connectivity index (χ1v) is 12.6. The molecule has 0 unspecified atom stereocenters. The summed E-state index contributed by atoms with van der Waals surface area (Å²) in [6, 6.07) is 10.3. The second-order valence-corrected chi connectivity index (χ2v) is 9.69. The van der Waals surface area contributed by atoms with Crippen molar-refractivity contribution in [1.29, 1.82) is 0 Å². The number of benzene rings is 2. The van der Waals surface area contributed by atoms with Crippen LogP contribution in [0.4, 0.5) is 40.8 Å². The topological polar surface area (TPSA) is 97.7 Å². The maximum absolute atomic E-state index is 14.8. The molecule has 1 saturated heterocycles. The summed E-state index contributed by atoms with van der Waals surface area (Å²) in [4.78, 5) is 30.5.